The Bertz CT molecular complexity index is 887. The zero-order chi connectivity index (χ0) is 17.9. The van der Waals surface area contributed by atoms with Crippen LogP contribution in [0.1, 0.15) is 26.2 Å². The van der Waals surface area contributed by atoms with E-state index in [-0.39, 0.29) is 12.4 Å². The van der Waals surface area contributed by atoms with Crippen LogP contribution in [-0.4, -0.2) is 25.2 Å². The Morgan fingerprint density at radius 2 is 1.74 bits per heavy atom. The van der Waals surface area contributed by atoms with Crippen LogP contribution in [0.3, 0.4) is 0 Å². The molecule has 2 aromatic carbocycles. The first-order valence-electron chi connectivity index (χ1n) is 9.57. The van der Waals surface area contributed by atoms with Crippen molar-refractivity contribution in [1.29, 1.82) is 0 Å². The lowest BCUT2D eigenvalue weighted by molar-refractivity contribution is 0.394. The van der Waals surface area contributed by atoms with Crippen LogP contribution >= 0.6 is 12.4 Å². The maximum absolute atomic E-state index is 5.29. The molecule has 1 aromatic heterocycles. The molecule has 2 heterocycles. The van der Waals surface area contributed by atoms with Gasteiger partial charge in [-0.3, -0.25) is 0 Å². The normalized spacial score (nSPS) is 14.8. The summed E-state index contributed by atoms with van der Waals surface area (Å²) in [6.07, 6.45) is 3.81. The molecule has 0 bridgehead atoms. The molecule has 0 radical (unpaired) electrons. The molecule has 0 amide bonds. The van der Waals surface area contributed by atoms with Crippen LogP contribution < -0.4 is 9.64 Å². The Kier molecular flexibility index (Phi) is 6.22. The third-order valence-electron chi connectivity index (χ3n) is 5.60. The lowest BCUT2D eigenvalue weighted by Crippen LogP contribution is -2.34. The van der Waals surface area contributed by atoms with Gasteiger partial charge in [0.2, 0.25) is 0 Å². The average Bonchev–Trinajstić information content (AvgIpc) is 2.73. The van der Waals surface area contributed by atoms with Gasteiger partial charge in [-0.2, -0.15) is 0 Å². The molecule has 1 aliphatic rings. The highest BCUT2D eigenvalue weighted by molar-refractivity contribution is 5.95. The Hall–Kier alpha value is -2.26. The first-order chi connectivity index (χ1) is 12.8. The number of anilines is 1. The molecule has 1 fully saturated rings. The van der Waals surface area contributed by atoms with Gasteiger partial charge in [0.1, 0.15) is 11.6 Å². The fourth-order valence-corrected chi connectivity index (χ4v) is 3.88. The number of rotatable bonds is 4. The number of hydrogen-bond donors (Lipinski definition) is 0. The number of ether oxygens (including phenoxy) is 1. The van der Waals surface area contributed by atoms with Gasteiger partial charge >= 0.3 is 0 Å². The van der Waals surface area contributed by atoms with Gasteiger partial charge in [-0.15, -0.1) is 12.4 Å². The molecule has 0 spiro atoms. The van der Waals surface area contributed by atoms with Gasteiger partial charge in [0.25, 0.3) is 0 Å². The SMILES string of the molecule is CCC1CCN(c2nc(-c3ccc(OC)cc3)cc3ccccc23)CC1.Cl. The molecule has 27 heavy (non-hydrogen) atoms. The largest absolute Gasteiger partial charge is 0.497 e. The van der Waals surface area contributed by atoms with E-state index in [9.17, 15) is 0 Å². The monoisotopic (exact) mass is 382 g/mol. The molecule has 1 aliphatic heterocycles. The Morgan fingerprint density at radius 1 is 1.04 bits per heavy atom. The van der Waals surface area contributed by atoms with Crippen molar-refractivity contribution in [2.75, 3.05) is 25.1 Å². The van der Waals surface area contributed by atoms with Crippen LogP contribution in [0.15, 0.2) is 54.6 Å². The predicted octanol–water partition coefficient (Wildman–Crippen LogP) is 5.96. The van der Waals surface area contributed by atoms with Gasteiger partial charge in [-0.1, -0.05) is 37.6 Å². The standard InChI is InChI=1S/C23H26N2O.ClH/c1-3-17-12-14-25(15-13-17)23-21-7-5-4-6-19(21)16-22(24-23)18-8-10-20(26-2)11-9-18;/h4-11,16-17H,3,12-15H2,1-2H3;1H. The summed E-state index contributed by atoms with van der Waals surface area (Å²) in [5.41, 5.74) is 2.15. The minimum Gasteiger partial charge on any atom is -0.497 e. The molecular weight excluding hydrogens is 356 g/mol. The van der Waals surface area contributed by atoms with E-state index in [1.807, 2.05) is 12.1 Å². The van der Waals surface area contributed by atoms with Crippen LogP contribution in [0.5, 0.6) is 5.75 Å². The van der Waals surface area contributed by atoms with Crippen molar-refractivity contribution in [3.05, 3.63) is 54.6 Å². The van der Waals surface area contributed by atoms with Crippen LogP contribution in [-0.2, 0) is 0 Å². The van der Waals surface area contributed by atoms with Crippen LogP contribution in [0.2, 0.25) is 0 Å². The number of hydrogen-bond acceptors (Lipinski definition) is 3. The molecular formula is C23H27ClN2O. The highest BCUT2D eigenvalue weighted by Gasteiger charge is 2.21. The first-order valence-corrected chi connectivity index (χ1v) is 9.57. The third kappa shape index (κ3) is 4.03. The van der Waals surface area contributed by atoms with Crippen molar-refractivity contribution in [3.63, 3.8) is 0 Å². The summed E-state index contributed by atoms with van der Waals surface area (Å²) < 4.78 is 5.29. The van der Waals surface area contributed by atoms with Crippen molar-refractivity contribution in [1.82, 2.24) is 4.98 Å². The molecule has 0 unspecified atom stereocenters. The average molecular weight is 383 g/mol. The fraction of sp³-hybridized carbons (Fsp3) is 0.348. The summed E-state index contributed by atoms with van der Waals surface area (Å²) in [4.78, 5) is 7.56. The Labute approximate surface area is 167 Å². The minimum atomic E-state index is 0. The van der Waals surface area contributed by atoms with E-state index in [1.165, 1.54) is 30.0 Å². The van der Waals surface area contributed by atoms with E-state index < -0.39 is 0 Å². The van der Waals surface area contributed by atoms with Crippen LogP contribution in [0, 0.1) is 5.92 Å². The molecule has 142 valence electrons. The molecule has 0 N–H and O–H groups in total. The molecule has 3 aromatic rings. The lowest BCUT2D eigenvalue weighted by atomic mass is 9.94. The number of methoxy groups -OCH3 is 1. The molecule has 3 nitrogen and oxygen atoms in total. The van der Waals surface area contributed by atoms with E-state index in [0.29, 0.717) is 0 Å². The maximum atomic E-state index is 5.29. The molecule has 0 saturated carbocycles. The number of piperidine rings is 1. The second-order valence-electron chi connectivity index (χ2n) is 7.12. The van der Waals surface area contributed by atoms with Gasteiger partial charge < -0.3 is 9.64 Å². The van der Waals surface area contributed by atoms with E-state index >= 15 is 0 Å². The third-order valence-corrected chi connectivity index (χ3v) is 5.60. The van der Waals surface area contributed by atoms with E-state index in [2.05, 4.69) is 54.3 Å². The van der Waals surface area contributed by atoms with Crippen LogP contribution in [0.25, 0.3) is 22.0 Å². The predicted molar refractivity (Wildman–Crippen MR) is 116 cm³/mol. The molecule has 0 aliphatic carbocycles. The number of fused-ring (bicyclic) bond motifs is 1. The van der Waals surface area contributed by atoms with Gasteiger partial charge in [0.05, 0.1) is 12.8 Å². The summed E-state index contributed by atoms with van der Waals surface area (Å²) in [5.74, 6) is 2.86. The number of halogens is 1. The van der Waals surface area contributed by atoms with Crippen molar-refractivity contribution in [3.8, 4) is 17.0 Å². The van der Waals surface area contributed by atoms with E-state index in [0.717, 1.165) is 41.8 Å². The maximum Gasteiger partial charge on any atom is 0.137 e. The Morgan fingerprint density at radius 3 is 2.41 bits per heavy atom. The second kappa shape index (κ2) is 8.62. The summed E-state index contributed by atoms with van der Waals surface area (Å²) >= 11 is 0. The fourth-order valence-electron chi connectivity index (χ4n) is 3.88. The van der Waals surface area contributed by atoms with Gasteiger partial charge in [0, 0.05) is 24.0 Å². The van der Waals surface area contributed by atoms with Gasteiger partial charge in [-0.25, -0.2) is 4.98 Å². The first kappa shape index (κ1) is 19.5. The highest BCUT2D eigenvalue weighted by Crippen LogP contribution is 2.33. The molecule has 4 heteroatoms. The molecule has 4 rings (SSSR count). The van der Waals surface area contributed by atoms with Crippen molar-refractivity contribution in [2.24, 2.45) is 5.92 Å². The smallest absolute Gasteiger partial charge is 0.137 e. The minimum absolute atomic E-state index is 0. The lowest BCUT2D eigenvalue weighted by Gasteiger charge is -2.33. The van der Waals surface area contributed by atoms with E-state index in [4.69, 9.17) is 9.72 Å². The number of benzene rings is 2. The quantitative estimate of drug-likeness (QED) is 0.556. The zero-order valence-electron chi connectivity index (χ0n) is 16.0. The van der Waals surface area contributed by atoms with Gasteiger partial charge in [-0.05, 0) is 54.5 Å². The topological polar surface area (TPSA) is 25.4 Å². The van der Waals surface area contributed by atoms with Crippen molar-refractivity contribution < 1.29 is 4.74 Å². The van der Waals surface area contributed by atoms with Gasteiger partial charge in [0.15, 0.2) is 0 Å². The van der Waals surface area contributed by atoms with Crippen molar-refractivity contribution in [2.45, 2.75) is 26.2 Å². The number of nitrogens with zero attached hydrogens (tertiary/aromatic N) is 2. The highest BCUT2D eigenvalue weighted by atomic mass is 35.5. The number of aromatic nitrogens is 1. The zero-order valence-corrected chi connectivity index (χ0v) is 16.8. The second-order valence-corrected chi connectivity index (χ2v) is 7.12. The van der Waals surface area contributed by atoms with Crippen LogP contribution in [0.4, 0.5) is 5.82 Å². The molecule has 1 saturated heterocycles. The summed E-state index contributed by atoms with van der Waals surface area (Å²) in [6.45, 7) is 4.50. The molecule has 0 atom stereocenters. The van der Waals surface area contributed by atoms with Crippen molar-refractivity contribution >= 4 is 29.0 Å². The summed E-state index contributed by atoms with van der Waals surface area (Å²) in [6, 6.07) is 19.0. The summed E-state index contributed by atoms with van der Waals surface area (Å²) in [7, 11) is 1.70. The number of pyridine rings is 1. The summed E-state index contributed by atoms with van der Waals surface area (Å²) in [5, 5.41) is 2.50. The Balaban J connectivity index is 0.00000210. The van der Waals surface area contributed by atoms with E-state index in [1.54, 1.807) is 7.11 Å².